The van der Waals surface area contributed by atoms with E-state index in [9.17, 15) is 18.8 Å². The number of cyclic esters (lactones) is 1. The molecule has 0 bridgehead atoms. The Balaban J connectivity index is 1.90. The summed E-state index contributed by atoms with van der Waals surface area (Å²) in [6.07, 6.45) is -0.756. The summed E-state index contributed by atoms with van der Waals surface area (Å²) in [5, 5.41) is 5.59. The smallest absolute Gasteiger partial charge is 0.411 e. The summed E-state index contributed by atoms with van der Waals surface area (Å²) in [7, 11) is 0. The van der Waals surface area contributed by atoms with E-state index >= 15 is 0 Å². The van der Waals surface area contributed by atoms with Crippen LogP contribution in [0, 0.1) is 5.82 Å². The molecule has 3 unspecified atom stereocenters. The average molecular weight is 427 g/mol. The highest BCUT2D eigenvalue weighted by Crippen LogP contribution is 2.34. The van der Waals surface area contributed by atoms with Gasteiger partial charge in [-0.25, -0.2) is 9.18 Å². The van der Waals surface area contributed by atoms with Crippen LogP contribution in [0.15, 0.2) is 48.5 Å². The molecule has 0 spiro atoms. The van der Waals surface area contributed by atoms with Crippen molar-refractivity contribution in [2.45, 2.75) is 51.9 Å². The van der Waals surface area contributed by atoms with Gasteiger partial charge in [0.15, 0.2) is 12.1 Å². The second-order valence-corrected chi connectivity index (χ2v) is 7.63. The first-order valence-electron chi connectivity index (χ1n) is 10.2. The zero-order valence-electron chi connectivity index (χ0n) is 17.7. The van der Waals surface area contributed by atoms with Crippen LogP contribution in [0.2, 0.25) is 0 Å². The second-order valence-electron chi connectivity index (χ2n) is 7.63. The Bertz CT molecular complexity index is 964. The Hall–Kier alpha value is -3.42. The molecule has 0 aliphatic carbocycles. The van der Waals surface area contributed by atoms with Gasteiger partial charge >= 0.3 is 6.09 Å². The molecule has 0 aromatic heterocycles. The molecular weight excluding hydrogens is 401 g/mol. The van der Waals surface area contributed by atoms with Crippen molar-refractivity contribution in [3.05, 3.63) is 65.5 Å². The minimum absolute atomic E-state index is 0.0374. The molecule has 7 nitrogen and oxygen atoms in total. The first-order chi connectivity index (χ1) is 14.8. The fourth-order valence-corrected chi connectivity index (χ4v) is 3.43. The normalized spacial score (nSPS) is 19.0. The van der Waals surface area contributed by atoms with Crippen LogP contribution in [-0.2, 0) is 20.9 Å². The molecule has 0 radical (unpaired) electrons. The molecule has 2 N–H and O–H groups in total. The number of ether oxygens (including phenoxy) is 1. The molecule has 1 fully saturated rings. The third-order valence-electron chi connectivity index (χ3n) is 5.16. The van der Waals surface area contributed by atoms with E-state index in [1.807, 2.05) is 13.8 Å². The molecule has 0 saturated carbocycles. The highest BCUT2D eigenvalue weighted by molar-refractivity contribution is 5.90. The SMILES string of the molecule is CCC(C)NC(=O)C1C(c2ccc(NC(C)=O)cc2)OC(=O)N1Cc1cccc(F)c1. The monoisotopic (exact) mass is 427 g/mol. The van der Waals surface area contributed by atoms with Crippen molar-refractivity contribution < 1.29 is 23.5 Å². The van der Waals surface area contributed by atoms with E-state index in [0.717, 1.165) is 6.42 Å². The van der Waals surface area contributed by atoms with Gasteiger partial charge in [0.05, 0.1) is 6.54 Å². The number of hydrogen-bond acceptors (Lipinski definition) is 4. The number of hydrogen-bond donors (Lipinski definition) is 2. The Morgan fingerprint density at radius 1 is 1.19 bits per heavy atom. The minimum Gasteiger partial charge on any atom is -0.438 e. The summed E-state index contributed by atoms with van der Waals surface area (Å²) in [6.45, 7) is 5.27. The number of anilines is 1. The number of benzene rings is 2. The van der Waals surface area contributed by atoms with E-state index < -0.39 is 24.1 Å². The molecule has 2 aromatic rings. The van der Waals surface area contributed by atoms with E-state index in [0.29, 0.717) is 16.8 Å². The zero-order chi connectivity index (χ0) is 22.5. The molecule has 3 rings (SSSR count). The van der Waals surface area contributed by atoms with Crippen molar-refractivity contribution in [3.8, 4) is 0 Å². The van der Waals surface area contributed by atoms with E-state index in [1.165, 1.54) is 24.0 Å². The molecule has 3 amide bonds. The van der Waals surface area contributed by atoms with Crippen LogP contribution >= 0.6 is 0 Å². The van der Waals surface area contributed by atoms with E-state index in [4.69, 9.17) is 4.74 Å². The molecule has 31 heavy (non-hydrogen) atoms. The average Bonchev–Trinajstić information content (AvgIpc) is 3.04. The highest BCUT2D eigenvalue weighted by atomic mass is 19.1. The van der Waals surface area contributed by atoms with Crippen LogP contribution in [0.5, 0.6) is 0 Å². The molecule has 1 saturated heterocycles. The van der Waals surface area contributed by atoms with Crippen molar-refractivity contribution >= 4 is 23.6 Å². The number of halogens is 1. The first kappa shape index (κ1) is 22.3. The summed E-state index contributed by atoms with van der Waals surface area (Å²) >= 11 is 0. The van der Waals surface area contributed by atoms with Gasteiger partial charge in [-0.3, -0.25) is 14.5 Å². The van der Waals surface area contributed by atoms with E-state index in [2.05, 4.69) is 10.6 Å². The van der Waals surface area contributed by atoms with Crippen LogP contribution < -0.4 is 10.6 Å². The number of carbonyl (C=O) groups excluding carboxylic acids is 3. The standard InChI is InChI=1S/C23H26FN3O4/c1-4-14(2)25-22(29)20-21(17-8-10-19(11-9-17)26-15(3)28)31-23(30)27(20)13-16-6-5-7-18(24)12-16/h5-12,14,20-21H,4,13H2,1-3H3,(H,25,29)(H,26,28). The van der Waals surface area contributed by atoms with Crippen molar-refractivity contribution in [1.82, 2.24) is 10.2 Å². The fourth-order valence-electron chi connectivity index (χ4n) is 3.43. The molecule has 8 heteroatoms. The number of amides is 3. The van der Waals surface area contributed by atoms with Gasteiger partial charge in [-0.05, 0) is 48.7 Å². The fraction of sp³-hybridized carbons (Fsp3) is 0.348. The van der Waals surface area contributed by atoms with Crippen molar-refractivity contribution in [3.63, 3.8) is 0 Å². The largest absolute Gasteiger partial charge is 0.438 e. The van der Waals surface area contributed by atoms with Crippen LogP contribution in [0.25, 0.3) is 0 Å². The number of nitrogens with zero attached hydrogens (tertiary/aromatic N) is 1. The lowest BCUT2D eigenvalue weighted by molar-refractivity contribution is -0.127. The van der Waals surface area contributed by atoms with Crippen LogP contribution in [0.1, 0.15) is 44.4 Å². The third kappa shape index (κ3) is 5.39. The molecule has 1 aliphatic rings. The lowest BCUT2D eigenvalue weighted by Gasteiger charge is -2.25. The highest BCUT2D eigenvalue weighted by Gasteiger charge is 2.47. The van der Waals surface area contributed by atoms with Gasteiger partial charge in [0, 0.05) is 18.7 Å². The zero-order valence-corrected chi connectivity index (χ0v) is 17.7. The predicted octanol–water partition coefficient (Wildman–Crippen LogP) is 3.76. The number of carbonyl (C=O) groups is 3. The van der Waals surface area contributed by atoms with E-state index in [-0.39, 0.29) is 24.4 Å². The predicted molar refractivity (Wildman–Crippen MR) is 114 cm³/mol. The summed E-state index contributed by atoms with van der Waals surface area (Å²) in [6, 6.07) is 11.7. The summed E-state index contributed by atoms with van der Waals surface area (Å²) in [5.74, 6) is -0.963. The molecule has 2 aromatic carbocycles. The molecule has 1 heterocycles. The number of nitrogens with one attached hydrogen (secondary N) is 2. The minimum atomic E-state index is -0.920. The Morgan fingerprint density at radius 2 is 1.90 bits per heavy atom. The maximum Gasteiger partial charge on any atom is 0.411 e. The van der Waals surface area contributed by atoms with E-state index in [1.54, 1.807) is 36.4 Å². The van der Waals surface area contributed by atoms with Gasteiger partial charge in [0.25, 0.3) is 0 Å². The van der Waals surface area contributed by atoms with Gasteiger partial charge in [0.1, 0.15) is 5.82 Å². The van der Waals surface area contributed by atoms with Gasteiger partial charge in [0.2, 0.25) is 11.8 Å². The lowest BCUT2D eigenvalue weighted by Crippen LogP contribution is -2.48. The van der Waals surface area contributed by atoms with Crippen LogP contribution in [0.3, 0.4) is 0 Å². The number of rotatable bonds is 7. The van der Waals surface area contributed by atoms with Gasteiger partial charge in [-0.2, -0.15) is 0 Å². The molecule has 164 valence electrons. The summed E-state index contributed by atoms with van der Waals surface area (Å²) in [5.41, 5.74) is 1.77. The maximum absolute atomic E-state index is 13.6. The molecular formula is C23H26FN3O4. The van der Waals surface area contributed by atoms with Gasteiger partial charge < -0.3 is 15.4 Å². The van der Waals surface area contributed by atoms with Crippen molar-refractivity contribution in [2.75, 3.05) is 5.32 Å². The van der Waals surface area contributed by atoms with Crippen LogP contribution in [0.4, 0.5) is 14.9 Å². The van der Waals surface area contributed by atoms with Gasteiger partial charge in [-0.15, -0.1) is 0 Å². The summed E-state index contributed by atoms with van der Waals surface area (Å²) in [4.78, 5) is 38.4. The second kappa shape index (κ2) is 9.59. The topological polar surface area (TPSA) is 87.7 Å². The van der Waals surface area contributed by atoms with Gasteiger partial charge in [-0.1, -0.05) is 31.2 Å². The Kier molecular flexibility index (Phi) is 6.89. The molecule has 3 atom stereocenters. The van der Waals surface area contributed by atoms with Crippen LogP contribution in [-0.4, -0.2) is 34.9 Å². The molecule has 1 aliphatic heterocycles. The van der Waals surface area contributed by atoms with Crippen molar-refractivity contribution in [2.24, 2.45) is 0 Å². The lowest BCUT2D eigenvalue weighted by atomic mass is 10.00. The maximum atomic E-state index is 13.6. The van der Waals surface area contributed by atoms with Crippen molar-refractivity contribution in [1.29, 1.82) is 0 Å². The Morgan fingerprint density at radius 3 is 2.52 bits per heavy atom. The summed E-state index contributed by atoms with van der Waals surface area (Å²) < 4.78 is 19.2. The Labute approximate surface area is 180 Å². The quantitative estimate of drug-likeness (QED) is 0.704. The first-order valence-corrected chi connectivity index (χ1v) is 10.2. The third-order valence-corrected chi connectivity index (χ3v) is 5.16.